The first kappa shape index (κ1) is 37.8. The number of carbonyl (C=O) groups excluding carboxylic acids is 2. The second-order valence-corrected chi connectivity index (χ2v) is 11.3. The largest absolute Gasteiger partial charge is 0.467 e. The van der Waals surface area contributed by atoms with E-state index in [2.05, 4.69) is 25.7 Å². The second-order valence-electron chi connectivity index (χ2n) is 11.3. The number of nitrogens with zero attached hydrogens (tertiary/aromatic N) is 1. The molecule has 232 valence electrons. The number of hydrogen-bond donors (Lipinski definition) is 2. The van der Waals surface area contributed by atoms with Gasteiger partial charge in [0.25, 0.3) is 6.47 Å². The number of hydrogen-bond acceptors (Lipinski definition) is 7. The average molecular weight is 558 g/mol. The molecule has 0 heterocycles. The average Bonchev–Trinajstić information content (AvgIpc) is 2.93. The predicted octanol–water partition coefficient (Wildman–Crippen LogP) is 6.67. The SMILES string of the molecule is CCCCCCCC(=O)OCC(CCCCCN(CCCCO)CC(O)C(CCCC)CCCC)COC=O. The van der Waals surface area contributed by atoms with Crippen molar-refractivity contribution in [1.29, 1.82) is 0 Å². The van der Waals surface area contributed by atoms with Crippen molar-refractivity contribution >= 4 is 12.4 Å². The predicted molar refractivity (Wildman–Crippen MR) is 160 cm³/mol. The molecule has 0 aliphatic heterocycles. The number of aliphatic hydroxyl groups is 2. The molecule has 0 radical (unpaired) electrons. The molecule has 0 aliphatic rings. The normalized spacial score (nSPS) is 13.1. The van der Waals surface area contributed by atoms with Gasteiger partial charge in [0.2, 0.25) is 0 Å². The molecule has 7 heteroatoms. The van der Waals surface area contributed by atoms with E-state index in [0.717, 1.165) is 96.6 Å². The van der Waals surface area contributed by atoms with Crippen LogP contribution in [-0.2, 0) is 19.1 Å². The Bertz CT molecular complexity index is 539. The van der Waals surface area contributed by atoms with E-state index < -0.39 is 0 Å². The summed E-state index contributed by atoms with van der Waals surface area (Å²) in [5.74, 6) is 0.235. The third-order valence-corrected chi connectivity index (χ3v) is 7.68. The van der Waals surface area contributed by atoms with Gasteiger partial charge in [0.15, 0.2) is 0 Å². The molecule has 7 nitrogen and oxygen atoms in total. The van der Waals surface area contributed by atoms with Crippen molar-refractivity contribution in [3.63, 3.8) is 0 Å². The highest BCUT2D eigenvalue weighted by atomic mass is 16.5. The Morgan fingerprint density at radius 3 is 2.00 bits per heavy atom. The molecule has 39 heavy (non-hydrogen) atoms. The summed E-state index contributed by atoms with van der Waals surface area (Å²) in [7, 11) is 0. The molecule has 0 saturated heterocycles. The van der Waals surface area contributed by atoms with Crippen molar-refractivity contribution < 1.29 is 29.3 Å². The van der Waals surface area contributed by atoms with E-state index in [0.29, 0.717) is 32.0 Å². The zero-order valence-electron chi connectivity index (χ0n) is 25.8. The Hall–Kier alpha value is -1.18. The van der Waals surface area contributed by atoms with Gasteiger partial charge in [-0.2, -0.15) is 0 Å². The van der Waals surface area contributed by atoms with Gasteiger partial charge in [-0.3, -0.25) is 9.59 Å². The molecule has 0 saturated carbocycles. The molecule has 2 unspecified atom stereocenters. The molecule has 0 amide bonds. The Kier molecular flexibility index (Phi) is 27.5. The zero-order valence-corrected chi connectivity index (χ0v) is 25.8. The van der Waals surface area contributed by atoms with Gasteiger partial charge in [-0.05, 0) is 64.0 Å². The minimum atomic E-state index is -0.302. The maximum atomic E-state index is 12.1. The van der Waals surface area contributed by atoms with Crippen molar-refractivity contribution in [3.8, 4) is 0 Å². The van der Waals surface area contributed by atoms with Crippen LogP contribution in [0.15, 0.2) is 0 Å². The first-order valence-corrected chi connectivity index (χ1v) is 16.2. The molecule has 0 spiro atoms. The lowest BCUT2D eigenvalue weighted by atomic mass is 9.90. The van der Waals surface area contributed by atoms with Crippen LogP contribution in [0.3, 0.4) is 0 Å². The van der Waals surface area contributed by atoms with Crippen LogP contribution >= 0.6 is 0 Å². The Labute approximate surface area is 240 Å². The van der Waals surface area contributed by atoms with E-state index >= 15 is 0 Å². The Balaban J connectivity index is 4.56. The monoisotopic (exact) mass is 557 g/mol. The Morgan fingerprint density at radius 1 is 0.769 bits per heavy atom. The number of ether oxygens (including phenoxy) is 2. The lowest BCUT2D eigenvalue weighted by Gasteiger charge is -2.30. The molecule has 0 fully saturated rings. The molecular formula is C32H63NO6. The van der Waals surface area contributed by atoms with Crippen LogP contribution in [0.5, 0.6) is 0 Å². The van der Waals surface area contributed by atoms with Crippen molar-refractivity contribution in [2.45, 2.75) is 142 Å². The van der Waals surface area contributed by atoms with Crippen LogP contribution in [0.2, 0.25) is 0 Å². The lowest BCUT2D eigenvalue weighted by Crippen LogP contribution is -2.38. The van der Waals surface area contributed by atoms with E-state index in [1.165, 1.54) is 25.7 Å². The third-order valence-electron chi connectivity index (χ3n) is 7.68. The van der Waals surface area contributed by atoms with E-state index in [9.17, 15) is 19.8 Å². The van der Waals surface area contributed by atoms with Crippen molar-refractivity contribution in [2.75, 3.05) is 39.5 Å². The maximum Gasteiger partial charge on any atom is 0.305 e. The molecule has 0 aromatic rings. The molecule has 0 bridgehead atoms. The lowest BCUT2D eigenvalue weighted by molar-refractivity contribution is -0.146. The van der Waals surface area contributed by atoms with E-state index in [1.54, 1.807) is 0 Å². The number of unbranched alkanes of at least 4 members (excludes halogenated alkanes) is 9. The zero-order chi connectivity index (χ0) is 29.0. The fraction of sp³-hybridized carbons (Fsp3) is 0.938. The molecule has 0 aliphatic carbocycles. The summed E-state index contributed by atoms with van der Waals surface area (Å²) in [6.45, 7) is 10.4. The van der Waals surface area contributed by atoms with Gasteiger partial charge in [-0.15, -0.1) is 0 Å². The summed E-state index contributed by atoms with van der Waals surface area (Å²) < 4.78 is 10.5. The van der Waals surface area contributed by atoms with Gasteiger partial charge in [0.1, 0.15) is 0 Å². The van der Waals surface area contributed by atoms with Gasteiger partial charge >= 0.3 is 5.97 Å². The van der Waals surface area contributed by atoms with Crippen molar-refractivity contribution in [1.82, 2.24) is 4.90 Å². The molecular weight excluding hydrogens is 494 g/mol. The fourth-order valence-electron chi connectivity index (χ4n) is 5.11. The van der Waals surface area contributed by atoms with Crippen LogP contribution < -0.4 is 0 Å². The highest BCUT2D eigenvalue weighted by Crippen LogP contribution is 2.21. The molecule has 0 rings (SSSR count). The highest BCUT2D eigenvalue weighted by molar-refractivity contribution is 5.69. The van der Waals surface area contributed by atoms with Gasteiger partial charge < -0.3 is 24.6 Å². The number of esters is 1. The van der Waals surface area contributed by atoms with Crippen LogP contribution in [0.25, 0.3) is 0 Å². The molecule has 2 atom stereocenters. The topological polar surface area (TPSA) is 96.3 Å². The first-order valence-electron chi connectivity index (χ1n) is 16.2. The summed E-state index contributed by atoms with van der Waals surface area (Å²) in [5.41, 5.74) is 0. The van der Waals surface area contributed by atoms with Crippen LogP contribution in [-0.4, -0.2) is 73.1 Å². The van der Waals surface area contributed by atoms with Gasteiger partial charge in [0, 0.05) is 25.5 Å². The van der Waals surface area contributed by atoms with Gasteiger partial charge in [0.05, 0.1) is 19.3 Å². The number of rotatable bonds is 30. The van der Waals surface area contributed by atoms with Gasteiger partial charge in [-0.1, -0.05) is 85.0 Å². The summed E-state index contributed by atoms with van der Waals surface area (Å²) in [4.78, 5) is 25.2. The molecule has 0 aromatic carbocycles. The maximum absolute atomic E-state index is 12.1. The smallest absolute Gasteiger partial charge is 0.305 e. The Morgan fingerprint density at radius 2 is 1.38 bits per heavy atom. The highest BCUT2D eigenvalue weighted by Gasteiger charge is 2.21. The minimum Gasteiger partial charge on any atom is -0.467 e. The summed E-state index contributed by atoms with van der Waals surface area (Å²) in [6.07, 6.45) is 18.1. The van der Waals surface area contributed by atoms with Gasteiger partial charge in [-0.25, -0.2) is 0 Å². The third kappa shape index (κ3) is 23.2. The summed E-state index contributed by atoms with van der Waals surface area (Å²) >= 11 is 0. The first-order chi connectivity index (χ1) is 19.0. The quantitative estimate of drug-likeness (QED) is 0.0578. The van der Waals surface area contributed by atoms with Crippen LogP contribution in [0.4, 0.5) is 0 Å². The standard InChI is InChI=1S/C32H63NO6/c1-4-7-10-11-14-21-32(37)39-27-29(26-38-28-35)18-13-12-15-22-33(23-16-17-24-34)25-31(36)30(19-8-5-2)20-9-6-3/h28-31,34,36H,4-27H2,1-3H3. The molecule has 2 N–H and O–H groups in total. The van der Waals surface area contributed by atoms with E-state index in [-0.39, 0.29) is 31.2 Å². The number of aliphatic hydroxyl groups excluding tert-OH is 2. The van der Waals surface area contributed by atoms with Crippen LogP contribution in [0, 0.1) is 11.8 Å². The van der Waals surface area contributed by atoms with E-state index in [1.807, 2.05) is 0 Å². The minimum absolute atomic E-state index is 0.0274. The number of carbonyl (C=O) groups is 2. The second kappa shape index (κ2) is 28.4. The van der Waals surface area contributed by atoms with Crippen molar-refractivity contribution in [2.24, 2.45) is 11.8 Å². The summed E-state index contributed by atoms with van der Waals surface area (Å²) in [5, 5.41) is 20.3. The van der Waals surface area contributed by atoms with E-state index in [4.69, 9.17) is 9.47 Å². The van der Waals surface area contributed by atoms with Crippen molar-refractivity contribution in [3.05, 3.63) is 0 Å². The molecule has 0 aromatic heterocycles. The fourth-order valence-corrected chi connectivity index (χ4v) is 5.11. The van der Waals surface area contributed by atoms with Crippen LogP contribution in [0.1, 0.15) is 136 Å². The summed E-state index contributed by atoms with van der Waals surface area (Å²) in [6, 6.07) is 0.